The number of ether oxygens (including phenoxy) is 2. The molecule has 0 fully saturated rings. The van der Waals surface area contributed by atoms with E-state index in [0.29, 0.717) is 12.8 Å². The summed E-state index contributed by atoms with van der Waals surface area (Å²) in [5.41, 5.74) is 0. The minimum Gasteiger partial charge on any atom is -0.462 e. The summed E-state index contributed by atoms with van der Waals surface area (Å²) in [7, 11) is 0. The van der Waals surface area contributed by atoms with Gasteiger partial charge in [0.05, 0.1) is 6.61 Å². The molecule has 0 aromatic carbocycles. The van der Waals surface area contributed by atoms with Crippen LogP contribution in [0.3, 0.4) is 0 Å². The van der Waals surface area contributed by atoms with Crippen molar-refractivity contribution in [3.63, 3.8) is 0 Å². The molecule has 0 heterocycles. The van der Waals surface area contributed by atoms with Crippen LogP contribution in [-0.4, -0.2) is 36.4 Å². The lowest BCUT2D eigenvalue weighted by Crippen LogP contribution is -2.28. The smallest absolute Gasteiger partial charge is 0.306 e. The summed E-state index contributed by atoms with van der Waals surface area (Å²) < 4.78 is 10.5. The van der Waals surface area contributed by atoms with Gasteiger partial charge in [-0.25, -0.2) is 0 Å². The molecular weight excluding hydrogens is 500 g/mol. The van der Waals surface area contributed by atoms with Crippen LogP contribution in [0.5, 0.6) is 0 Å². The van der Waals surface area contributed by atoms with Crippen molar-refractivity contribution < 1.29 is 24.2 Å². The van der Waals surface area contributed by atoms with Crippen LogP contribution in [0.25, 0.3) is 0 Å². The van der Waals surface area contributed by atoms with Crippen molar-refractivity contribution in [3.05, 3.63) is 12.2 Å². The van der Waals surface area contributed by atoms with Crippen LogP contribution in [0.4, 0.5) is 0 Å². The first-order valence-electron chi connectivity index (χ1n) is 17.2. The average Bonchev–Trinajstić information content (AvgIpc) is 2.96. The molecule has 236 valence electrons. The fourth-order valence-electron chi connectivity index (χ4n) is 4.90. The molecule has 0 aliphatic carbocycles. The molecule has 0 saturated heterocycles. The molecular formula is C35H66O5. The molecule has 1 atom stereocenters. The highest BCUT2D eigenvalue weighted by molar-refractivity contribution is 5.70. The number of aliphatic hydroxyl groups excluding tert-OH is 1. The number of carbonyl (C=O) groups excluding carboxylic acids is 2. The Bertz CT molecular complexity index is 574. The highest BCUT2D eigenvalue weighted by Crippen LogP contribution is 2.13. The van der Waals surface area contributed by atoms with Gasteiger partial charge in [-0.3, -0.25) is 9.59 Å². The van der Waals surface area contributed by atoms with Crippen molar-refractivity contribution in [2.75, 3.05) is 13.2 Å². The lowest BCUT2D eigenvalue weighted by atomic mass is 10.1. The monoisotopic (exact) mass is 566 g/mol. The maximum absolute atomic E-state index is 12.1. The first kappa shape index (κ1) is 38.6. The largest absolute Gasteiger partial charge is 0.462 e. The van der Waals surface area contributed by atoms with E-state index in [1.54, 1.807) is 0 Å². The molecule has 5 heteroatoms. The SMILES string of the molecule is CCCCCCCC/C=C\CCCCCCCCCCCC(=O)OC(CO)COC(=O)CCCCCCCCC. The van der Waals surface area contributed by atoms with Gasteiger partial charge in [0, 0.05) is 12.8 Å². The molecule has 1 unspecified atom stereocenters. The summed E-state index contributed by atoms with van der Waals surface area (Å²) in [4.78, 5) is 24.0. The first-order valence-corrected chi connectivity index (χ1v) is 17.2. The minimum atomic E-state index is -0.763. The average molecular weight is 567 g/mol. The Morgan fingerprint density at radius 2 is 0.925 bits per heavy atom. The second kappa shape index (κ2) is 32.2. The molecule has 0 aromatic heterocycles. The van der Waals surface area contributed by atoms with Gasteiger partial charge in [0.15, 0.2) is 6.10 Å². The molecule has 0 rings (SSSR count). The highest BCUT2D eigenvalue weighted by atomic mass is 16.6. The van der Waals surface area contributed by atoms with Crippen LogP contribution in [0.15, 0.2) is 12.2 Å². The first-order chi connectivity index (χ1) is 19.6. The number of esters is 2. The minimum absolute atomic E-state index is 0.0624. The van der Waals surface area contributed by atoms with Crippen LogP contribution in [0.1, 0.15) is 181 Å². The molecule has 0 saturated carbocycles. The van der Waals surface area contributed by atoms with Gasteiger partial charge in [0.25, 0.3) is 0 Å². The molecule has 0 spiro atoms. The number of allylic oxidation sites excluding steroid dienone is 2. The maximum atomic E-state index is 12.1. The normalized spacial score (nSPS) is 12.2. The van der Waals surface area contributed by atoms with Crippen LogP contribution < -0.4 is 0 Å². The zero-order valence-corrected chi connectivity index (χ0v) is 26.6. The Morgan fingerprint density at radius 3 is 1.35 bits per heavy atom. The third-order valence-corrected chi connectivity index (χ3v) is 7.56. The van der Waals surface area contributed by atoms with Crippen LogP contribution in [-0.2, 0) is 19.1 Å². The molecule has 5 nitrogen and oxygen atoms in total. The summed E-state index contributed by atoms with van der Waals surface area (Å²) in [6, 6.07) is 0. The van der Waals surface area contributed by atoms with Gasteiger partial charge in [-0.05, 0) is 38.5 Å². The summed E-state index contributed by atoms with van der Waals surface area (Å²) >= 11 is 0. The Morgan fingerprint density at radius 1 is 0.550 bits per heavy atom. The van der Waals surface area contributed by atoms with Crippen LogP contribution >= 0.6 is 0 Å². The fraction of sp³-hybridized carbons (Fsp3) is 0.886. The molecule has 0 aromatic rings. The Kier molecular flexibility index (Phi) is 31.1. The van der Waals surface area contributed by atoms with Crippen molar-refractivity contribution in [3.8, 4) is 0 Å². The predicted molar refractivity (Wildman–Crippen MR) is 168 cm³/mol. The van der Waals surface area contributed by atoms with Gasteiger partial charge in [-0.15, -0.1) is 0 Å². The van der Waals surface area contributed by atoms with Crippen molar-refractivity contribution in [1.82, 2.24) is 0 Å². The Hall–Kier alpha value is -1.36. The van der Waals surface area contributed by atoms with E-state index in [-0.39, 0.29) is 25.2 Å². The van der Waals surface area contributed by atoms with Crippen LogP contribution in [0.2, 0.25) is 0 Å². The number of aliphatic hydroxyl groups is 1. The van der Waals surface area contributed by atoms with Crippen molar-refractivity contribution in [2.45, 2.75) is 187 Å². The van der Waals surface area contributed by atoms with Crippen LogP contribution in [0, 0.1) is 0 Å². The lowest BCUT2D eigenvalue weighted by Gasteiger charge is -2.15. The molecule has 0 aliphatic heterocycles. The summed E-state index contributed by atoms with van der Waals surface area (Å²) in [5, 5.41) is 9.47. The number of rotatable bonds is 31. The topological polar surface area (TPSA) is 72.8 Å². The number of hydrogen-bond acceptors (Lipinski definition) is 5. The van der Waals surface area contributed by atoms with E-state index in [0.717, 1.165) is 38.5 Å². The van der Waals surface area contributed by atoms with Gasteiger partial charge < -0.3 is 14.6 Å². The van der Waals surface area contributed by atoms with E-state index in [9.17, 15) is 14.7 Å². The number of unbranched alkanes of at least 4 members (excludes halogenated alkanes) is 21. The van der Waals surface area contributed by atoms with Gasteiger partial charge >= 0.3 is 11.9 Å². The highest BCUT2D eigenvalue weighted by Gasteiger charge is 2.16. The van der Waals surface area contributed by atoms with Gasteiger partial charge in [0.1, 0.15) is 6.61 Å². The van der Waals surface area contributed by atoms with Gasteiger partial charge in [-0.1, -0.05) is 142 Å². The van der Waals surface area contributed by atoms with E-state index in [1.807, 2.05) is 0 Å². The third kappa shape index (κ3) is 29.6. The van der Waals surface area contributed by atoms with E-state index in [1.165, 1.54) is 116 Å². The summed E-state index contributed by atoms with van der Waals surface area (Å²) in [6.07, 6.45) is 34.2. The quantitative estimate of drug-likeness (QED) is 0.0513. The molecule has 1 N–H and O–H groups in total. The molecule has 0 radical (unpaired) electrons. The standard InChI is InChI=1S/C35H66O5/c1-3-5-7-9-11-12-13-14-15-16-17-18-19-20-21-22-24-26-28-30-35(38)40-33(31-36)32-39-34(37)29-27-25-23-10-8-6-4-2/h14-15,33,36H,3-13,16-32H2,1-2H3/b15-14-. The van der Waals surface area contributed by atoms with E-state index in [4.69, 9.17) is 9.47 Å². The van der Waals surface area contributed by atoms with Crippen molar-refractivity contribution >= 4 is 11.9 Å². The zero-order chi connectivity index (χ0) is 29.4. The third-order valence-electron chi connectivity index (χ3n) is 7.56. The summed E-state index contributed by atoms with van der Waals surface area (Å²) in [6.45, 7) is 4.08. The van der Waals surface area contributed by atoms with Crippen molar-refractivity contribution in [2.24, 2.45) is 0 Å². The second-order valence-electron chi connectivity index (χ2n) is 11.6. The molecule has 0 bridgehead atoms. The number of hydrogen-bond donors (Lipinski definition) is 1. The van der Waals surface area contributed by atoms with Gasteiger partial charge in [0.2, 0.25) is 0 Å². The van der Waals surface area contributed by atoms with Crippen molar-refractivity contribution in [1.29, 1.82) is 0 Å². The summed E-state index contributed by atoms with van der Waals surface area (Å²) in [5.74, 6) is -0.595. The van der Waals surface area contributed by atoms with E-state index >= 15 is 0 Å². The van der Waals surface area contributed by atoms with Gasteiger partial charge in [-0.2, -0.15) is 0 Å². The molecule has 0 amide bonds. The van der Waals surface area contributed by atoms with E-state index in [2.05, 4.69) is 26.0 Å². The maximum Gasteiger partial charge on any atom is 0.306 e. The Labute approximate surface area is 248 Å². The fourth-order valence-corrected chi connectivity index (χ4v) is 4.90. The number of carbonyl (C=O) groups is 2. The zero-order valence-electron chi connectivity index (χ0n) is 26.6. The van der Waals surface area contributed by atoms with E-state index < -0.39 is 6.10 Å². The molecule has 0 aliphatic rings. The molecule has 40 heavy (non-hydrogen) atoms. The lowest BCUT2D eigenvalue weighted by molar-refractivity contribution is -0.161. The second-order valence-corrected chi connectivity index (χ2v) is 11.6. The Balaban J connectivity index is 3.50. The predicted octanol–water partition coefficient (Wildman–Crippen LogP) is 10.2.